The van der Waals surface area contributed by atoms with E-state index in [1.54, 1.807) is 11.1 Å². The third kappa shape index (κ3) is 3.73. The molecule has 0 radical (unpaired) electrons. The lowest BCUT2D eigenvalue weighted by Crippen LogP contribution is -2.36. The van der Waals surface area contributed by atoms with E-state index in [2.05, 4.69) is 41.2 Å². The number of likely N-dealkylation sites (N-methyl/N-ethyl adjacent to an activating group) is 1. The van der Waals surface area contributed by atoms with E-state index < -0.39 is 0 Å². The van der Waals surface area contributed by atoms with E-state index in [0.29, 0.717) is 18.7 Å². The fraction of sp³-hybridized carbons (Fsp3) is 0.188. The van der Waals surface area contributed by atoms with Gasteiger partial charge in [0, 0.05) is 60.9 Å². The first kappa shape index (κ1) is 23.3. The molecule has 0 N–H and O–H groups in total. The maximum atomic E-state index is 12.9. The number of carbonyl (C=O) groups is 2. The Morgan fingerprint density at radius 3 is 2.51 bits per heavy atom. The molecule has 2 amide bonds. The van der Waals surface area contributed by atoms with Crippen molar-refractivity contribution in [1.29, 1.82) is 0 Å². The van der Waals surface area contributed by atoms with Gasteiger partial charge in [0.1, 0.15) is 11.3 Å². The van der Waals surface area contributed by atoms with E-state index in [0.717, 1.165) is 63.2 Å². The predicted molar refractivity (Wildman–Crippen MR) is 152 cm³/mol. The molecule has 39 heavy (non-hydrogen) atoms. The van der Waals surface area contributed by atoms with Crippen LogP contribution in [-0.2, 0) is 24.2 Å². The molecule has 5 aromatic rings. The molecule has 0 unspecified atom stereocenters. The van der Waals surface area contributed by atoms with Gasteiger partial charge < -0.3 is 9.47 Å². The minimum absolute atomic E-state index is 0.0159. The Morgan fingerprint density at radius 1 is 0.872 bits per heavy atom. The molecule has 0 atom stereocenters. The number of aryl methyl sites for hydroxylation is 1. The van der Waals surface area contributed by atoms with E-state index in [1.807, 2.05) is 65.3 Å². The van der Waals surface area contributed by atoms with Gasteiger partial charge in [0.2, 0.25) is 5.91 Å². The standard InChI is InChI=1S/C32H27N5O2/c1-3-20-4-5-22-16-30(38)37(28(22)14-20)25-8-6-21(7-9-25)23-15-24(19-33-18-23)26-10-11-34-31-27(26)17-29-32(39)35(2)12-13-36(29)31/h4-11,14-15,17-19H,3,12-13,16H2,1-2H3. The Morgan fingerprint density at radius 2 is 1.69 bits per heavy atom. The van der Waals surface area contributed by atoms with Crippen molar-refractivity contribution in [2.45, 2.75) is 26.3 Å². The Hall–Kier alpha value is -4.78. The lowest BCUT2D eigenvalue weighted by molar-refractivity contribution is -0.116. The Balaban J connectivity index is 1.24. The van der Waals surface area contributed by atoms with Crippen molar-refractivity contribution in [2.24, 2.45) is 0 Å². The first-order valence-electron chi connectivity index (χ1n) is 13.3. The average Bonchev–Trinajstić information content (AvgIpc) is 3.52. The number of carbonyl (C=O) groups excluding carboxylic acids is 2. The van der Waals surface area contributed by atoms with Crippen molar-refractivity contribution >= 4 is 34.2 Å². The van der Waals surface area contributed by atoms with Gasteiger partial charge in [0.25, 0.3) is 5.91 Å². The number of nitrogens with zero attached hydrogens (tertiary/aromatic N) is 5. The Kier molecular flexibility index (Phi) is 5.33. The summed E-state index contributed by atoms with van der Waals surface area (Å²) in [4.78, 5) is 38.4. The number of fused-ring (bicyclic) bond motifs is 4. The summed E-state index contributed by atoms with van der Waals surface area (Å²) in [5.74, 6) is 0.110. The molecule has 0 saturated carbocycles. The summed E-state index contributed by atoms with van der Waals surface area (Å²) in [5.41, 5.74) is 9.58. The van der Waals surface area contributed by atoms with Gasteiger partial charge in [-0.25, -0.2) is 4.98 Å². The Labute approximate surface area is 226 Å². The lowest BCUT2D eigenvalue weighted by Gasteiger charge is -2.24. The highest BCUT2D eigenvalue weighted by molar-refractivity contribution is 6.07. The molecule has 5 heterocycles. The largest absolute Gasteiger partial charge is 0.339 e. The summed E-state index contributed by atoms with van der Waals surface area (Å²) < 4.78 is 2.01. The molecule has 7 heteroatoms. The summed E-state index contributed by atoms with van der Waals surface area (Å²) >= 11 is 0. The average molecular weight is 514 g/mol. The van der Waals surface area contributed by atoms with Gasteiger partial charge >= 0.3 is 0 Å². The van der Waals surface area contributed by atoms with Crippen LogP contribution in [0.4, 0.5) is 11.4 Å². The van der Waals surface area contributed by atoms with E-state index in [4.69, 9.17) is 0 Å². The molecule has 2 aliphatic heterocycles. The second-order valence-corrected chi connectivity index (χ2v) is 10.2. The fourth-order valence-corrected chi connectivity index (χ4v) is 5.75. The SMILES string of the molecule is CCc1ccc2c(c1)N(c1ccc(-c3cncc(-c4ccnc5c4cc4n5CCN(C)C4=O)c3)cc1)C(=O)C2. The van der Waals surface area contributed by atoms with Crippen LogP contribution >= 0.6 is 0 Å². The van der Waals surface area contributed by atoms with Gasteiger partial charge in [-0.15, -0.1) is 0 Å². The summed E-state index contributed by atoms with van der Waals surface area (Å²) in [6, 6.07) is 20.4. The van der Waals surface area contributed by atoms with E-state index in [9.17, 15) is 9.59 Å². The number of hydrogen-bond acceptors (Lipinski definition) is 4. The molecule has 0 bridgehead atoms. The number of anilines is 2. The van der Waals surface area contributed by atoms with Crippen LogP contribution in [0.25, 0.3) is 33.3 Å². The number of pyridine rings is 2. The second-order valence-electron chi connectivity index (χ2n) is 10.2. The first-order chi connectivity index (χ1) is 19.0. The summed E-state index contributed by atoms with van der Waals surface area (Å²) in [7, 11) is 1.83. The molecule has 192 valence electrons. The molecule has 3 aromatic heterocycles. The highest BCUT2D eigenvalue weighted by Crippen LogP contribution is 2.38. The minimum Gasteiger partial charge on any atom is -0.339 e. The number of benzene rings is 2. The molecule has 7 nitrogen and oxygen atoms in total. The summed E-state index contributed by atoms with van der Waals surface area (Å²) in [5, 5.41) is 0.947. The van der Waals surface area contributed by atoms with Crippen molar-refractivity contribution < 1.29 is 9.59 Å². The van der Waals surface area contributed by atoms with Crippen LogP contribution in [0.1, 0.15) is 28.5 Å². The topological polar surface area (TPSA) is 71.3 Å². The number of amides is 2. The van der Waals surface area contributed by atoms with Crippen LogP contribution in [0.5, 0.6) is 0 Å². The highest BCUT2D eigenvalue weighted by Gasteiger charge is 2.29. The molecule has 0 aliphatic carbocycles. The second kappa shape index (κ2) is 8.91. The zero-order valence-electron chi connectivity index (χ0n) is 21.9. The maximum absolute atomic E-state index is 12.9. The number of rotatable bonds is 4. The first-order valence-corrected chi connectivity index (χ1v) is 13.3. The lowest BCUT2D eigenvalue weighted by atomic mass is 10.0. The molecular formula is C32H27N5O2. The van der Waals surface area contributed by atoms with Gasteiger partial charge in [0.05, 0.1) is 12.1 Å². The van der Waals surface area contributed by atoms with Gasteiger partial charge in [-0.2, -0.15) is 0 Å². The molecule has 2 aliphatic rings. The van der Waals surface area contributed by atoms with E-state index in [-0.39, 0.29) is 11.8 Å². The Bertz CT molecular complexity index is 1790. The van der Waals surface area contributed by atoms with Crippen LogP contribution in [0.3, 0.4) is 0 Å². The summed E-state index contributed by atoms with van der Waals surface area (Å²) in [6.45, 7) is 3.52. The molecular weight excluding hydrogens is 486 g/mol. The number of hydrogen-bond donors (Lipinski definition) is 0. The van der Waals surface area contributed by atoms with Crippen molar-refractivity contribution in [3.8, 4) is 22.3 Å². The molecule has 0 fully saturated rings. The van der Waals surface area contributed by atoms with Gasteiger partial charge in [-0.05, 0) is 65.1 Å². The van der Waals surface area contributed by atoms with E-state index >= 15 is 0 Å². The van der Waals surface area contributed by atoms with Gasteiger partial charge in [-0.3, -0.25) is 19.5 Å². The highest BCUT2D eigenvalue weighted by atomic mass is 16.2. The van der Waals surface area contributed by atoms with E-state index in [1.165, 1.54) is 5.56 Å². The molecule has 7 rings (SSSR count). The predicted octanol–water partition coefficient (Wildman–Crippen LogP) is 5.63. The zero-order chi connectivity index (χ0) is 26.7. The van der Waals surface area contributed by atoms with Gasteiger partial charge in [-0.1, -0.05) is 31.2 Å². The van der Waals surface area contributed by atoms with Crippen molar-refractivity contribution in [2.75, 3.05) is 18.5 Å². The van der Waals surface area contributed by atoms with Gasteiger partial charge in [0.15, 0.2) is 0 Å². The molecule has 0 spiro atoms. The maximum Gasteiger partial charge on any atom is 0.270 e. The normalized spacial score (nSPS) is 14.7. The van der Waals surface area contributed by atoms with Crippen LogP contribution in [0.15, 0.2) is 79.3 Å². The smallest absolute Gasteiger partial charge is 0.270 e. The third-order valence-electron chi connectivity index (χ3n) is 7.92. The summed E-state index contributed by atoms with van der Waals surface area (Å²) in [6.07, 6.45) is 6.86. The quantitative estimate of drug-likeness (QED) is 0.312. The monoisotopic (exact) mass is 513 g/mol. The molecule has 2 aromatic carbocycles. The zero-order valence-corrected chi connectivity index (χ0v) is 21.9. The van der Waals surface area contributed by atoms with Crippen molar-refractivity contribution in [1.82, 2.24) is 19.4 Å². The minimum atomic E-state index is 0.0159. The molecule has 0 saturated heterocycles. The van der Waals surface area contributed by atoms with Crippen molar-refractivity contribution in [3.05, 3.63) is 96.1 Å². The van der Waals surface area contributed by atoms with Crippen LogP contribution in [0, 0.1) is 0 Å². The van der Waals surface area contributed by atoms with Crippen LogP contribution < -0.4 is 4.90 Å². The van der Waals surface area contributed by atoms with Crippen LogP contribution in [0.2, 0.25) is 0 Å². The van der Waals surface area contributed by atoms with Crippen LogP contribution in [-0.4, -0.2) is 44.8 Å². The number of aromatic nitrogens is 3. The third-order valence-corrected chi connectivity index (χ3v) is 7.92. The fourth-order valence-electron chi connectivity index (χ4n) is 5.75. The van der Waals surface area contributed by atoms with Crippen molar-refractivity contribution in [3.63, 3.8) is 0 Å².